The van der Waals surface area contributed by atoms with Crippen molar-refractivity contribution in [1.29, 1.82) is 0 Å². The van der Waals surface area contributed by atoms with Crippen molar-refractivity contribution in [1.82, 2.24) is 0 Å². The van der Waals surface area contributed by atoms with Crippen LogP contribution in [0.25, 0.3) is 16.3 Å². The maximum Gasteiger partial charge on any atom is 0.152 e. The fourth-order valence-corrected chi connectivity index (χ4v) is 1.95. The lowest BCUT2D eigenvalue weighted by molar-refractivity contribution is -0.112. The van der Waals surface area contributed by atoms with Crippen molar-refractivity contribution < 1.29 is 4.79 Å². The molecule has 2 aromatic carbocycles. The van der Waals surface area contributed by atoms with Gasteiger partial charge in [0.1, 0.15) is 0 Å². The topological polar surface area (TPSA) is 17.1 Å². The minimum absolute atomic E-state index is 0.0884. The molecule has 16 heavy (non-hydrogen) atoms. The van der Waals surface area contributed by atoms with E-state index in [9.17, 15) is 4.79 Å². The Bertz CT molecular complexity index is 559. The van der Waals surface area contributed by atoms with E-state index in [1.807, 2.05) is 25.1 Å². The van der Waals surface area contributed by atoms with Crippen LogP contribution >= 0.6 is 0 Å². The van der Waals surface area contributed by atoms with Crippen LogP contribution in [0.1, 0.15) is 19.4 Å². The Kier molecular flexibility index (Phi) is 2.86. The molecular formula is C15H14O. The van der Waals surface area contributed by atoms with E-state index < -0.39 is 0 Å². The van der Waals surface area contributed by atoms with E-state index >= 15 is 0 Å². The van der Waals surface area contributed by atoms with Crippen LogP contribution in [0.2, 0.25) is 0 Å². The first kappa shape index (κ1) is 10.6. The van der Waals surface area contributed by atoms with Gasteiger partial charge in [-0.05, 0) is 41.8 Å². The fourth-order valence-electron chi connectivity index (χ4n) is 1.95. The Hall–Kier alpha value is -1.89. The van der Waals surface area contributed by atoms with Crippen LogP contribution in [0.15, 0.2) is 48.5 Å². The van der Waals surface area contributed by atoms with Gasteiger partial charge in [-0.2, -0.15) is 0 Å². The van der Waals surface area contributed by atoms with Gasteiger partial charge in [-0.15, -0.1) is 0 Å². The van der Waals surface area contributed by atoms with Crippen molar-refractivity contribution in [2.45, 2.75) is 13.8 Å². The van der Waals surface area contributed by atoms with E-state index in [0.29, 0.717) is 0 Å². The molecule has 0 unspecified atom stereocenters. The van der Waals surface area contributed by atoms with Gasteiger partial charge in [-0.1, -0.05) is 42.5 Å². The summed E-state index contributed by atoms with van der Waals surface area (Å²) in [5.74, 6) is 0.0884. The summed E-state index contributed by atoms with van der Waals surface area (Å²) in [6, 6.07) is 14.4. The predicted octanol–water partition coefficient (Wildman–Crippen LogP) is 3.83. The van der Waals surface area contributed by atoms with Crippen LogP contribution in [0.5, 0.6) is 0 Å². The Morgan fingerprint density at radius 2 is 1.69 bits per heavy atom. The van der Waals surface area contributed by atoms with Gasteiger partial charge in [-0.25, -0.2) is 0 Å². The Balaban J connectivity index is 2.65. The first-order valence-electron chi connectivity index (χ1n) is 5.35. The molecule has 0 fully saturated rings. The molecule has 0 heterocycles. The van der Waals surface area contributed by atoms with Crippen LogP contribution in [-0.4, -0.2) is 5.78 Å². The highest BCUT2D eigenvalue weighted by Crippen LogP contribution is 2.24. The predicted molar refractivity (Wildman–Crippen MR) is 68.3 cm³/mol. The van der Waals surface area contributed by atoms with E-state index in [1.54, 1.807) is 13.0 Å². The van der Waals surface area contributed by atoms with Crippen molar-refractivity contribution >= 4 is 22.1 Å². The summed E-state index contributed by atoms with van der Waals surface area (Å²) >= 11 is 0. The second kappa shape index (κ2) is 4.31. The Morgan fingerprint density at radius 3 is 2.44 bits per heavy atom. The van der Waals surface area contributed by atoms with Crippen molar-refractivity contribution in [3.63, 3.8) is 0 Å². The van der Waals surface area contributed by atoms with E-state index in [4.69, 9.17) is 0 Å². The number of allylic oxidation sites excluding steroid dienone is 2. The number of carbonyl (C=O) groups is 1. The van der Waals surface area contributed by atoms with Crippen LogP contribution in [-0.2, 0) is 4.79 Å². The summed E-state index contributed by atoms with van der Waals surface area (Å²) in [6.07, 6.45) is 1.68. The second-order valence-corrected chi connectivity index (χ2v) is 3.96. The number of rotatable bonds is 2. The van der Waals surface area contributed by atoms with E-state index in [2.05, 4.69) is 24.3 Å². The third-order valence-electron chi connectivity index (χ3n) is 2.63. The first-order valence-corrected chi connectivity index (χ1v) is 5.35. The highest BCUT2D eigenvalue weighted by molar-refractivity contribution is 6.00. The van der Waals surface area contributed by atoms with Crippen molar-refractivity contribution in [3.8, 4) is 0 Å². The molecule has 0 spiro atoms. The number of carbonyl (C=O) groups excluding carboxylic acids is 1. The van der Waals surface area contributed by atoms with Gasteiger partial charge in [0.15, 0.2) is 5.78 Å². The zero-order valence-electron chi connectivity index (χ0n) is 9.53. The standard InChI is InChI=1S/C15H14O/c1-11(10-12(2)16)14-9-5-7-13-6-3-4-8-15(13)14/h3-10H,1-2H3/b11-10-. The fraction of sp³-hybridized carbons (Fsp3) is 0.133. The van der Waals surface area contributed by atoms with Crippen LogP contribution in [0, 0.1) is 0 Å². The molecule has 0 atom stereocenters. The lowest BCUT2D eigenvalue weighted by atomic mass is 9.98. The summed E-state index contributed by atoms with van der Waals surface area (Å²) in [6.45, 7) is 3.55. The van der Waals surface area contributed by atoms with Gasteiger partial charge in [0.2, 0.25) is 0 Å². The Labute approximate surface area is 95.4 Å². The maximum atomic E-state index is 11.1. The summed E-state index contributed by atoms with van der Waals surface area (Å²) < 4.78 is 0. The normalized spacial score (nSPS) is 11.8. The molecule has 0 bridgehead atoms. The zero-order valence-corrected chi connectivity index (χ0v) is 9.53. The molecule has 0 saturated heterocycles. The molecule has 2 rings (SSSR count). The molecule has 0 radical (unpaired) electrons. The average molecular weight is 210 g/mol. The lowest BCUT2D eigenvalue weighted by Gasteiger charge is -2.06. The van der Waals surface area contributed by atoms with Crippen molar-refractivity contribution in [2.75, 3.05) is 0 Å². The van der Waals surface area contributed by atoms with Gasteiger partial charge in [0, 0.05) is 0 Å². The molecule has 0 aliphatic carbocycles. The Morgan fingerprint density at radius 1 is 1.00 bits per heavy atom. The largest absolute Gasteiger partial charge is 0.295 e. The first-order chi connectivity index (χ1) is 7.68. The highest BCUT2D eigenvalue weighted by atomic mass is 16.1. The third kappa shape index (κ3) is 2.03. The summed E-state index contributed by atoms with van der Waals surface area (Å²) in [5, 5.41) is 2.40. The molecule has 0 aliphatic heterocycles. The minimum atomic E-state index is 0.0884. The quantitative estimate of drug-likeness (QED) is 0.688. The summed E-state index contributed by atoms with van der Waals surface area (Å²) in [4.78, 5) is 11.1. The zero-order chi connectivity index (χ0) is 11.5. The molecule has 1 nitrogen and oxygen atoms in total. The summed E-state index contributed by atoms with van der Waals surface area (Å²) in [5.41, 5.74) is 2.15. The van der Waals surface area contributed by atoms with Crippen LogP contribution in [0.4, 0.5) is 0 Å². The van der Waals surface area contributed by atoms with Crippen molar-refractivity contribution in [2.24, 2.45) is 0 Å². The molecular weight excluding hydrogens is 196 g/mol. The second-order valence-electron chi connectivity index (χ2n) is 3.96. The van der Waals surface area contributed by atoms with Gasteiger partial charge in [0.05, 0.1) is 0 Å². The third-order valence-corrected chi connectivity index (χ3v) is 2.63. The number of hydrogen-bond acceptors (Lipinski definition) is 1. The number of ketones is 1. The van der Waals surface area contributed by atoms with Gasteiger partial charge < -0.3 is 0 Å². The van der Waals surface area contributed by atoms with Gasteiger partial charge >= 0.3 is 0 Å². The number of benzene rings is 2. The highest BCUT2D eigenvalue weighted by Gasteiger charge is 2.02. The van der Waals surface area contributed by atoms with Crippen LogP contribution in [0.3, 0.4) is 0 Å². The van der Waals surface area contributed by atoms with Gasteiger partial charge in [-0.3, -0.25) is 4.79 Å². The van der Waals surface area contributed by atoms with Crippen LogP contribution < -0.4 is 0 Å². The average Bonchev–Trinajstić information content (AvgIpc) is 2.27. The number of fused-ring (bicyclic) bond motifs is 1. The number of hydrogen-bond donors (Lipinski definition) is 0. The monoisotopic (exact) mass is 210 g/mol. The molecule has 80 valence electrons. The maximum absolute atomic E-state index is 11.1. The molecule has 0 aliphatic rings. The smallest absolute Gasteiger partial charge is 0.152 e. The molecule has 0 saturated carbocycles. The van der Waals surface area contributed by atoms with Gasteiger partial charge in [0.25, 0.3) is 0 Å². The molecule has 0 aromatic heterocycles. The van der Waals surface area contributed by atoms with E-state index in [1.165, 1.54) is 10.8 Å². The summed E-state index contributed by atoms with van der Waals surface area (Å²) in [7, 11) is 0. The SMILES string of the molecule is CC(=O)/C=C(/C)c1cccc2ccccc12. The molecule has 1 heteroatoms. The lowest BCUT2D eigenvalue weighted by Crippen LogP contribution is -1.87. The van der Waals surface area contributed by atoms with Crippen molar-refractivity contribution in [3.05, 3.63) is 54.1 Å². The molecule has 2 aromatic rings. The minimum Gasteiger partial charge on any atom is -0.295 e. The molecule has 0 amide bonds. The van der Waals surface area contributed by atoms with E-state index in [-0.39, 0.29) is 5.78 Å². The van der Waals surface area contributed by atoms with E-state index in [0.717, 1.165) is 11.1 Å². The molecule has 0 N–H and O–H groups in total.